The van der Waals surface area contributed by atoms with E-state index in [1.54, 1.807) is 36.4 Å². The SMILES string of the molecule is Cc1ccc(Nc2ncnc(Nc3cc(Cl)cc(Cl)c3)c2[N+](=O)[O-])cc1Cl. The van der Waals surface area contributed by atoms with Crippen LogP contribution in [0, 0.1) is 17.0 Å². The van der Waals surface area contributed by atoms with Crippen LogP contribution in [0.4, 0.5) is 28.7 Å². The Kier molecular flexibility index (Phi) is 5.65. The second-order valence-corrected chi connectivity index (χ2v) is 6.83. The van der Waals surface area contributed by atoms with E-state index in [1.807, 2.05) is 6.92 Å². The van der Waals surface area contributed by atoms with Crippen LogP contribution in [0.5, 0.6) is 0 Å². The minimum Gasteiger partial charge on any atom is -0.334 e. The fourth-order valence-corrected chi connectivity index (χ4v) is 3.01. The van der Waals surface area contributed by atoms with Gasteiger partial charge in [-0.1, -0.05) is 40.9 Å². The molecule has 3 rings (SSSR count). The molecule has 0 saturated heterocycles. The standard InChI is InChI=1S/C17H12Cl3N5O2/c1-9-2-3-12(7-14(9)20)23-16-15(25(26)27)17(22-8-21-16)24-13-5-10(18)4-11(19)6-13/h2-8H,1H3,(H2,21,22,23,24). The Morgan fingerprint density at radius 1 is 0.926 bits per heavy atom. The van der Waals surface area contributed by atoms with E-state index in [0.29, 0.717) is 26.4 Å². The average Bonchev–Trinajstić information content (AvgIpc) is 2.57. The molecular weight excluding hydrogens is 413 g/mol. The third-order valence-corrected chi connectivity index (χ3v) is 4.41. The lowest BCUT2D eigenvalue weighted by atomic mass is 10.2. The van der Waals surface area contributed by atoms with E-state index in [2.05, 4.69) is 20.6 Å². The summed E-state index contributed by atoms with van der Waals surface area (Å²) in [5.74, 6) is 0.0135. The normalized spacial score (nSPS) is 10.5. The van der Waals surface area contributed by atoms with Gasteiger partial charge in [-0.15, -0.1) is 0 Å². The molecule has 0 radical (unpaired) electrons. The molecule has 0 bridgehead atoms. The topological polar surface area (TPSA) is 93.0 Å². The van der Waals surface area contributed by atoms with Gasteiger partial charge in [0.1, 0.15) is 6.33 Å². The first-order chi connectivity index (χ1) is 12.8. The van der Waals surface area contributed by atoms with Crippen LogP contribution in [0.15, 0.2) is 42.7 Å². The second-order valence-electron chi connectivity index (χ2n) is 5.55. The van der Waals surface area contributed by atoms with Crippen molar-refractivity contribution in [2.45, 2.75) is 6.92 Å². The van der Waals surface area contributed by atoms with E-state index in [-0.39, 0.29) is 17.3 Å². The maximum absolute atomic E-state index is 11.6. The molecule has 0 spiro atoms. The molecule has 0 aliphatic carbocycles. The molecule has 7 nitrogen and oxygen atoms in total. The van der Waals surface area contributed by atoms with Gasteiger partial charge in [0.25, 0.3) is 0 Å². The van der Waals surface area contributed by atoms with Crippen LogP contribution in [-0.4, -0.2) is 14.9 Å². The van der Waals surface area contributed by atoms with Gasteiger partial charge < -0.3 is 10.6 Å². The Balaban J connectivity index is 1.99. The molecule has 0 fully saturated rings. The number of nitrogens with zero attached hydrogens (tertiary/aromatic N) is 3. The molecule has 2 aromatic carbocycles. The Bertz CT molecular complexity index is 1010. The first kappa shape index (κ1) is 19.2. The minimum atomic E-state index is -0.577. The van der Waals surface area contributed by atoms with Crippen LogP contribution >= 0.6 is 34.8 Å². The van der Waals surface area contributed by atoms with Crippen LogP contribution in [0.25, 0.3) is 0 Å². The zero-order chi connectivity index (χ0) is 19.6. The molecular formula is C17H12Cl3N5O2. The van der Waals surface area contributed by atoms with Crippen LogP contribution in [0.3, 0.4) is 0 Å². The third kappa shape index (κ3) is 4.57. The predicted octanol–water partition coefficient (Wildman–Crippen LogP) is 6.14. The summed E-state index contributed by atoms with van der Waals surface area (Å²) in [6, 6.07) is 9.91. The molecule has 1 aromatic heterocycles. The van der Waals surface area contributed by atoms with Gasteiger partial charge >= 0.3 is 5.69 Å². The fraction of sp³-hybridized carbons (Fsp3) is 0.0588. The van der Waals surface area contributed by atoms with Gasteiger partial charge in [-0.3, -0.25) is 10.1 Å². The number of anilines is 4. The molecule has 3 aromatic rings. The lowest BCUT2D eigenvalue weighted by Crippen LogP contribution is -2.05. The van der Waals surface area contributed by atoms with Crippen molar-refractivity contribution in [3.8, 4) is 0 Å². The van der Waals surface area contributed by atoms with Crippen molar-refractivity contribution in [2.75, 3.05) is 10.6 Å². The highest BCUT2D eigenvalue weighted by Gasteiger charge is 2.23. The van der Waals surface area contributed by atoms with Crippen molar-refractivity contribution in [1.29, 1.82) is 0 Å². The minimum absolute atomic E-state index is 0.00552. The van der Waals surface area contributed by atoms with Crippen molar-refractivity contribution in [3.63, 3.8) is 0 Å². The van der Waals surface area contributed by atoms with Crippen molar-refractivity contribution < 1.29 is 4.92 Å². The van der Waals surface area contributed by atoms with E-state index in [4.69, 9.17) is 34.8 Å². The van der Waals surface area contributed by atoms with Gasteiger partial charge in [-0.2, -0.15) is 0 Å². The number of aromatic nitrogens is 2. The van der Waals surface area contributed by atoms with E-state index in [9.17, 15) is 10.1 Å². The van der Waals surface area contributed by atoms with Crippen LogP contribution in [-0.2, 0) is 0 Å². The van der Waals surface area contributed by atoms with Crippen LogP contribution in [0.1, 0.15) is 5.56 Å². The molecule has 27 heavy (non-hydrogen) atoms. The van der Waals surface area contributed by atoms with Crippen molar-refractivity contribution in [1.82, 2.24) is 9.97 Å². The Hall–Kier alpha value is -2.61. The lowest BCUT2D eigenvalue weighted by Gasteiger charge is -2.11. The van der Waals surface area contributed by atoms with E-state index < -0.39 is 4.92 Å². The van der Waals surface area contributed by atoms with Crippen LogP contribution in [0.2, 0.25) is 15.1 Å². The van der Waals surface area contributed by atoms with Gasteiger partial charge in [0.15, 0.2) is 0 Å². The summed E-state index contributed by atoms with van der Waals surface area (Å²) < 4.78 is 0. The molecule has 2 N–H and O–H groups in total. The summed E-state index contributed by atoms with van der Waals surface area (Å²) in [6.45, 7) is 1.86. The molecule has 138 valence electrons. The average molecular weight is 425 g/mol. The smallest absolute Gasteiger partial charge is 0.334 e. The summed E-state index contributed by atoms with van der Waals surface area (Å²) in [7, 11) is 0. The van der Waals surface area contributed by atoms with E-state index in [0.717, 1.165) is 5.56 Å². The molecule has 0 unspecified atom stereocenters. The maximum atomic E-state index is 11.6. The zero-order valence-electron chi connectivity index (χ0n) is 13.8. The Labute approximate surface area is 169 Å². The number of nitrogens with one attached hydrogen (secondary N) is 2. The number of halogens is 3. The van der Waals surface area contributed by atoms with Crippen molar-refractivity contribution in [2.24, 2.45) is 0 Å². The van der Waals surface area contributed by atoms with Gasteiger partial charge in [0, 0.05) is 26.4 Å². The van der Waals surface area contributed by atoms with E-state index in [1.165, 1.54) is 6.33 Å². The van der Waals surface area contributed by atoms with Gasteiger partial charge in [0.2, 0.25) is 11.6 Å². The molecule has 0 atom stereocenters. The Morgan fingerprint density at radius 2 is 1.52 bits per heavy atom. The zero-order valence-corrected chi connectivity index (χ0v) is 16.1. The second kappa shape index (κ2) is 7.96. The van der Waals surface area contributed by atoms with Gasteiger partial charge in [0.05, 0.1) is 4.92 Å². The van der Waals surface area contributed by atoms with Gasteiger partial charge in [-0.05, 0) is 42.8 Å². The lowest BCUT2D eigenvalue weighted by molar-refractivity contribution is -0.383. The third-order valence-electron chi connectivity index (χ3n) is 3.56. The molecule has 0 aliphatic heterocycles. The Morgan fingerprint density at radius 3 is 2.07 bits per heavy atom. The molecule has 1 heterocycles. The van der Waals surface area contributed by atoms with Crippen molar-refractivity contribution in [3.05, 3.63) is 73.5 Å². The highest BCUT2D eigenvalue weighted by atomic mass is 35.5. The highest BCUT2D eigenvalue weighted by Crippen LogP contribution is 2.34. The number of aryl methyl sites for hydroxylation is 1. The molecule has 0 aliphatic rings. The number of nitro groups is 1. The molecule has 10 heteroatoms. The molecule has 0 saturated carbocycles. The first-order valence-electron chi connectivity index (χ1n) is 7.59. The van der Waals surface area contributed by atoms with Gasteiger partial charge in [-0.25, -0.2) is 9.97 Å². The number of rotatable bonds is 5. The summed E-state index contributed by atoms with van der Waals surface area (Å²) in [5.41, 5.74) is 1.58. The highest BCUT2D eigenvalue weighted by molar-refractivity contribution is 6.35. The first-order valence-corrected chi connectivity index (χ1v) is 8.72. The van der Waals surface area contributed by atoms with E-state index >= 15 is 0 Å². The predicted molar refractivity (Wildman–Crippen MR) is 108 cm³/mol. The number of benzene rings is 2. The summed E-state index contributed by atoms with van der Waals surface area (Å²) in [4.78, 5) is 19.0. The largest absolute Gasteiger partial charge is 0.353 e. The monoisotopic (exact) mass is 423 g/mol. The fourth-order valence-electron chi connectivity index (χ4n) is 2.30. The number of hydrogen-bond donors (Lipinski definition) is 2. The summed E-state index contributed by atoms with van der Waals surface area (Å²) in [5, 5.41) is 18.7. The summed E-state index contributed by atoms with van der Waals surface area (Å²) in [6.07, 6.45) is 1.21. The van der Waals surface area contributed by atoms with Crippen LogP contribution < -0.4 is 10.6 Å². The number of hydrogen-bond acceptors (Lipinski definition) is 6. The maximum Gasteiger partial charge on any atom is 0.353 e. The quantitative estimate of drug-likeness (QED) is 0.377. The molecule has 0 amide bonds. The summed E-state index contributed by atoms with van der Waals surface area (Å²) >= 11 is 18.0. The van der Waals surface area contributed by atoms with Crippen molar-refractivity contribution >= 4 is 63.5 Å².